The van der Waals surface area contributed by atoms with E-state index in [9.17, 15) is 18.0 Å². The first-order valence-electron chi connectivity index (χ1n) is 2.66. The number of hydrogen-bond acceptors (Lipinski definition) is 4. The van der Waals surface area contributed by atoms with Crippen LogP contribution in [0.5, 0.6) is 0 Å². The largest absolute Gasteiger partial charge is 0.481 e. The van der Waals surface area contributed by atoms with E-state index in [1.54, 1.807) is 0 Å². The molecule has 0 aromatic rings. The van der Waals surface area contributed by atoms with Crippen molar-refractivity contribution >= 4 is 70.9 Å². The standard InChI is InChI=1S/C4H6O7S.Ba/c5-3(6)1-2(4(7)8)12(9,10)11;/h2H,1H2,(H,5,6)(H,7,8)(H,9,10,11);. The number of carbonyl (C=O) groups is 2. The molecule has 1 atom stereocenters. The van der Waals surface area contributed by atoms with E-state index in [1.807, 2.05) is 0 Å². The molecule has 0 aromatic carbocycles. The minimum absolute atomic E-state index is 0. The summed E-state index contributed by atoms with van der Waals surface area (Å²) in [5, 5.41) is 13.9. The molecule has 0 aliphatic heterocycles. The molecule has 1 unspecified atom stereocenters. The average molecular weight is 335 g/mol. The van der Waals surface area contributed by atoms with Gasteiger partial charge in [0.1, 0.15) is 0 Å². The van der Waals surface area contributed by atoms with Gasteiger partial charge in [0.05, 0.1) is 6.42 Å². The summed E-state index contributed by atoms with van der Waals surface area (Å²) >= 11 is 0. The second-order valence-corrected chi connectivity index (χ2v) is 3.54. The third-order valence-electron chi connectivity index (χ3n) is 0.995. The van der Waals surface area contributed by atoms with E-state index in [0.29, 0.717) is 0 Å². The Morgan fingerprint density at radius 3 is 1.69 bits per heavy atom. The number of carboxylic acids is 2. The average Bonchev–Trinajstić information content (AvgIpc) is 1.79. The number of rotatable bonds is 4. The van der Waals surface area contributed by atoms with Crippen molar-refractivity contribution in [2.24, 2.45) is 0 Å². The summed E-state index contributed by atoms with van der Waals surface area (Å²) in [4.78, 5) is 20.0. The van der Waals surface area contributed by atoms with Crippen LogP contribution in [0.15, 0.2) is 0 Å². The van der Waals surface area contributed by atoms with Crippen LogP contribution in [0.4, 0.5) is 0 Å². The maximum atomic E-state index is 10.2. The molecule has 9 heteroatoms. The third-order valence-corrected chi connectivity index (χ3v) is 2.08. The molecule has 0 saturated carbocycles. The maximum absolute atomic E-state index is 10.2. The fourth-order valence-corrected chi connectivity index (χ4v) is 1.09. The molecule has 7 nitrogen and oxygen atoms in total. The molecule has 0 aliphatic rings. The molecular weight excluding hydrogens is 329 g/mol. The van der Waals surface area contributed by atoms with Crippen LogP contribution in [0.2, 0.25) is 0 Å². The summed E-state index contributed by atoms with van der Waals surface area (Å²) in [6.45, 7) is 0. The topological polar surface area (TPSA) is 129 Å². The van der Waals surface area contributed by atoms with Crippen LogP contribution >= 0.6 is 0 Å². The molecule has 0 rings (SSSR count). The Morgan fingerprint density at radius 2 is 1.62 bits per heavy atom. The van der Waals surface area contributed by atoms with E-state index in [2.05, 4.69) is 0 Å². The predicted octanol–water partition coefficient (Wildman–Crippen LogP) is -1.58. The van der Waals surface area contributed by atoms with Gasteiger partial charge in [-0.15, -0.1) is 0 Å². The van der Waals surface area contributed by atoms with Gasteiger partial charge in [-0.05, 0) is 0 Å². The fraction of sp³-hybridized carbons (Fsp3) is 0.500. The number of carboxylic acid groups (broad SMARTS) is 2. The van der Waals surface area contributed by atoms with Gasteiger partial charge in [-0.3, -0.25) is 14.1 Å². The Bertz CT molecular complexity index is 294. The van der Waals surface area contributed by atoms with Crippen molar-refractivity contribution in [3.8, 4) is 0 Å². The molecule has 0 aliphatic carbocycles. The van der Waals surface area contributed by atoms with Gasteiger partial charge in [0.25, 0.3) is 10.1 Å². The number of hydrogen-bond donors (Lipinski definition) is 3. The van der Waals surface area contributed by atoms with Gasteiger partial charge in [0, 0.05) is 48.9 Å². The van der Waals surface area contributed by atoms with Crippen molar-refractivity contribution in [1.82, 2.24) is 0 Å². The maximum Gasteiger partial charge on any atom is 0.325 e. The van der Waals surface area contributed by atoms with E-state index in [-0.39, 0.29) is 48.9 Å². The van der Waals surface area contributed by atoms with Gasteiger partial charge in [-0.1, -0.05) is 0 Å². The first-order chi connectivity index (χ1) is 5.25. The third kappa shape index (κ3) is 6.49. The van der Waals surface area contributed by atoms with Crippen LogP contribution in [0.25, 0.3) is 0 Å². The van der Waals surface area contributed by atoms with Crippen LogP contribution < -0.4 is 0 Å². The second-order valence-electron chi connectivity index (χ2n) is 1.94. The van der Waals surface area contributed by atoms with Crippen LogP contribution in [0.1, 0.15) is 6.42 Å². The predicted molar refractivity (Wildman–Crippen MR) is 41.0 cm³/mol. The second kappa shape index (κ2) is 6.01. The molecule has 3 N–H and O–H groups in total. The van der Waals surface area contributed by atoms with Crippen molar-refractivity contribution in [2.75, 3.05) is 0 Å². The zero-order chi connectivity index (χ0) is 9.94. The van der Waals surface area contributed by atoms with Crippen LogP contribution in [0.3, 0.4) is 0 Å². The molecule has 0 saturated heterocycles. The van der Waals surface area contributed by atoms with Crippen molar-refractivity contribution in [3.63, 3.8) is 0 Å². The molecule has 0 aromatic heterocycles. The van der Waals surface area contributed by atoms with E-state index in [0.717, 1.165) is 0 Å². The van der Waals surface area contributed by atoms with E-state index < -0.39 is 33.7 Å². The summed E-state index contributed by atoms with van der Waals surface area (Å²) in [6, 6.07) is 0. The Morgan fingerprint density at radius 1 is 1.23 bits per heavy atom. The Kier molecular flexibility index (Phi) is 7.34. The summed E-state index contributed by atoms with van der Waals surface area (Å²) in [7, 11) is -4.84. The monoisotopic (exact) mass is 336 g/mol. The van der Waals surface area contributed by atoms with Gasteiger partial charge >= 0.3 is 11.9 Å². The number of aliphatic carboxylic acids is 2. The molecule has 2 radical (unpaired) electrons. The minimum atomic E-state index is -4.84. The quantitative estimate of drug-likeness (QED) is 0.418. The van der Waals surface area contributed by atoms with Gasteiger partial charge in [0.15, 0.2) is 5.25 Å². The Balaban J connectivity index is 0. The molecule has 72 valence electrons. The molecule has 0 bridgehead atoms. The van der Waals surface area contributed by atoms with Crippen molar-refractivity contribution in [2.45, 2.75) is 11.7 Å². The first kappa shape index (κ1) is 15.9. The van der Waals surface area contributed by atoms with E-state index in [4.69, 9.17) is 14.8 Å². The van der Waals surface area contributed by atoms with Gasteiger partial charge in [-0.25, -0.2) is 0 Å². The van der Waals surface area contributed by atoms with E-state index in [1.165, 1.54) is 0 Å². The first-order valence-corrected chi connectivity index (χ1v) is 4.16. The van der Waals surface area contributed by atoms with Crippen LogP contribution in [-0.4, -0.2) is 89.3 Å². The van der Waals surface area contributed by atoms with Crippen molar-refractivity contribution < 1.29 is 32.8 Å². The summed E-state index contributed by atoms with van der Waals surface area (Å²) < 4.78 is 28.7. The zero-order valence-corrected chi connectivity index (χ0v) is 11.6. The van der Waals surface area contributed by atoms with Gasteiger partial charge in [0.2, 0.25) is 0 Å². The van der Waals surface area contributed by atoms with E-state index >= 15 is 0 Å². The molecule has 0 amide bonds. The minimum Gasteiger partial charge on any atom is -0.481 e. The fourth-order valence-electron chi connectivity index (χ4n) is 0.479. The normalized spacial score (nSPS) is 12.7. The SMILES string of the molecule is O=C(O)CC(C(=O)O)S(=O)(=O)O.[Ba]. The van der Waals surface area contributed by atoms with Gasteiger partial charge in [-0.2, -0.15) is 8.42 Å². The van der Waals surface area contributed by atoms with Gasteiger partial charge < -0.3 is 10.2 Å². The summed E-state index contributed by atoms with van der Waals surface area (Å²) in [6.07, 6.45) is -1.16. The van der Waals surface area contributed by atoms with Crippen LogP contribution in [0, 0.1) is 0 Å². The molecule has 0 spiro atoms. The molecule has 13 heavy (non-hydrogen) atoms. The molecule has 0 heterocycles. The summed E-state index contributed by atoms with van der Waals surface area (Å²) in [5.74, 6) is -3.50. The zero-order valence-electron chi connectivity index (χ0n) is 6.37. The van der Waals surface area contributed by atoms with Crippen molar-refractivity contribution in [1.29, 1.82) is 0 Å². The molecular formula is C4H6BaO7S. The smallest absolute Gasteiger partial charge is 0.325 e. The van der Waals surface area contributed by atoms with Crippen LogP contribution in [-0.2, 0) is 19.7 Å². The molecule has 0 fully saturated rings. The Labute approximate surface area is 114 Å². The summed E-state index contributed by atoms with van der Waals surface area (Å²) in [5.41, 5.74) is 0. The Hall–Kier alpha value is 0.421. The van der Waals surface area contributed by atoms with Crippen molar-refractivity contribution in [3.05, 3.63) is 0 Å².